The number of carbonyl (C=O) groups excluding carboxylic acids is 3. The van der Waals surface area contributed by atoms with Crippen molar-refractivity contribution in [1.29, 1.82) is 0 Å². The molecule has 0 saturated carbocycles. The van der Waals surface area contributed by atoms with Crippen molar-refractivity contribution in [1.82, 2.24) is 5.32 Å². The summed E-state index contributed by atoms with van der Waals surface area (Å²) in [7, 11) is 1.54. The van der Waals surface area contributed by atoms with Crippen LogP contribution < -0.4 is 5.32 Å². The molecule has 1 aromatic rings. The number of methoxy groups -OCH3 is 1. The van der Waals surface area contributed by atoms with Gasteiger partial charge in [-0.05, 0) is 25.3 Å². The van der Waals surface area contributed by atoms with Crippen LogP contribution in [0.25, 0.3) is 0 Å². The highest BCUT2D eigenvalue weighted by molar-refractivity contribution is 5.97. The molecule has 150 valence electrons. The highest BCUT2D eigenvalue weighted by atomic mass is 16.5. The summed E-state index contributed by atoms with van der Waals surface area (Å²) in [6.45, 7) is 3.98. The Morgan fingerprint density at radius 2 is 1.78 bits per heavy atom. The molecule has 0 aromatic heterocycles. The van der Waals surface area contributed by atoms with E-state index >= 15 is 0 Å². The lowest BCUT2D eigenvalue weighted by Gasteiger charge is -2.12. The number of Topliss-reactive ketones (excluding diaryl/α,β-unsaturated/α-hetero) is 1. The van der Waals surface area contributed by atoms with Gasteiger partial charge in [0, 0.05) is 25.1 Å². The summed E-state index contributed by atoms with van der Waals surface area (Å²) < 4.78 is 9.81. The molecule has 0 spiro atoms. The predicted molar refractivity (Wildman–Crippen MR) is 104 cm³/mol. The molecule has 1 atom stereocenters. The van der Waals surface area contributed by atoms with Gasteiger partial charge in [0.15, 0.2) is 12.4 Å². The Labute approximate surface area is 161 Å². The lowest BCUT2D eigenvalue weighted by atomic mass is 10.0. The summed E-state index contributed by atoms with van der Waals surface area (Å²) in [5.74, 6) is -1.06. The Morgan fingerprint density at radius 3 is 2.41 bits per heavy atom. The summed E-state index contributed by atoms with van der Waals surface area (Å²) in [6, 6.07) is 7.38. The van der Waals surface area contributed by atoms with Crippen molar-refractivity contribution in [3.05, 3.63) is 35.4 Å². The van der Waals surface area contributed by atoms with Crippen LogP contribution >= 0.6 is 0 Å². The number of aryl methyl sites for hydroxylation is 1. The van der Waals surface area contributed by atoms with Gasteiger partial charge in [-0.15, -0.1) is 0 Å². The Hall–Kier alpha value is -2.21. The second-order valence-electron chi connectivity index (χ2n) is 6.66. The molecule has 6 nitrogen and oxygen atoms in total. The minimum absolute atomic E-state index is 0.0437. The van der Waals surface area contributed by atoms with Crippen molar-refractivity contribution in [3.8, 4) is 0 Å². The highest BCUT2D eigenvalue weighted by Gasteiger charge is 2.13. The number of hydrogen-bond donors (Lipinski definition) is 1. The van der Waals surface area contributed by atoms with Crippen molar-refractivity contribution in [3.63, 3.8) is 0 Å². The third-order valence-electron chi connectivity index (χ3n) is 4.09. The number of benzene rings is 1. The molecular weight excluding hydrogens is 346 g/mol. The largest absolute Gasteiger partial charge is 0.456 e. The van der Waals surface area contributed by atoms with Crippen LogP contribution in [0.4, 0.5) is 0 Å². The number of hydrogen-bond acceptors (Lipinski definition) is 5. The number of rotatable bonds is 13. The number of unbranched alkanes of at least 4 members (excludes halogenated alkanes) is 2. The Morgan fingerprint density at radius 1 is 1.07 bits per heavy atom. The average molecular weight is 377 g/mol. The van der Waals surface area contributed by atoms with Crippen molar-refractivity contribution in [2.45, 2.75) is 58.4 Å². The van der Waals surface area contributed by atoms with Crippen LogP contribution in [0.2, 0.25) is 0 Å². The molecule has 0 fully saturated rings. The van der Waals surface area contributed by atoms with Gasteiger partial charge >= 0.3 is 5.97 Å². The van der Waals surface area contributed by atoms with Gasteiger partial charge in [0.25, 0.3) is 5.91 Å². The Balaban J connectivity index is 2.30. The van der Waals surface area contributed by atoms with Crippen molar-refractivity contribution >= 4 is 17.7 Å². The van der Waals surface area contributed by atoms with E-state index in [1.807, 2.05) is 12.1 Å². The molecule has 6 heteroatoms. The minimum atomic E-state index is -0.561. The number of amides is 1. The number of ether oxygens (including phenoxy) is 2. The molecule has 0 saturated heterocycles. The van der Waals surface area contributed by atoms with Gasteiger partial charge in [0.1, 0.15) is 0 Å². The van der Waals surface area contributed by atoms with E-state index in [9.17, 15) is 14.4 Å². The van der Waals surface area contributed by atoms with E-state index in [0.29, 0.717) is 12.2 Å². The van der Waals surface area contributed by atoms with Crippen LogP contribution in [-0.4, -0.2) is 44.0 Å². The molecule has 0 aliphatic rings. The number of nitrogens with one attached hydrogen (secondary N) is 1. The summed E-state index contributed by atoms with van der Waals surface area (Å²) >= 11 is 0. The Kier molecular flexibility index (Phi) is 11.0. The second kappa shape index (κ2) is 13.0. The van der Waals surface area contributed by atoms with Gasteiger partial charge in [-0.25, -0.2) is 0 Å². The zero-order valence-electron chi connectivity index (χ0n) is 16.6. The first-order chi connectivity index (χ1) is 13.0. The SMILES string of the molecule is CCCCCc1ccc(C(=O)CCC(=O)OCC(=O)NC(C)COC)cc1. The fraction of sp³-hybridized carbons (Fsp3) is 0.571. The molecule has 0 bridgehead atoms. The summed E-state index contributed by atoms with van der Waals surface area (Å²) in [5.41, 5.74) is 1.81. The van der Waals surface area contributed by atoms with E-state index in [1.165, 1.54) is 18.4 Å². The summed E-state index contributed by atoms with van der Waals surface area (Å²) in [6.07, 6.45) is 4.56. The quantitative estimate of drug-likeness (QED) is 0.325. The van der Waals surface area contributed by atoms with Crippen LogP contribution in [-0.2, 0) is 25.5 Å². The molecule has 27 heavy (non-hydrogen) atoms. The van der Waals surface area contributed by atoms with Crippen LogP contribution in [0.3, 0.4) is 0 Å². The number of carbonyl (C=O) groups is 3. The lowest BCUT2D eigenvalue weighted by molar-refractivity contribution is -0.148. The molecule has 1 N–H and O–H groups in total. The molecule has 0 aliphatic carbocycles. The number of esters is 1. The third kappa shape index (κ3) is 9.89. The normalized spacial score (nSPS) is 11.7. The fourth-order valence-corrected chi connectivity index (χ4v) is 2.62. The summed E-state index contributed by atoms with van der Waals surface area (Å²) in [4.78, 5) is 35.5. The molecular formula is C21H31NO5. The number of ketones is 1. The standard InChI is InChI=1S/C21H31NO5/c1-4-5-6-7-17-8-10-18(11-9-17)19(23)12-13-21(25)27-15-20(24)22-16(2)14-26-3/h8-11,16H,4-7,12-15H2,1-3H3,(H,22,24). The highest BCUT2D eigenvalue weighted by Crippen LogP contribution is 2.11. The molecule has 1 rings (SSSR count). The van der Waals surface area contributed by atoms with Gasteiger partial charge in [-0.3, -0.25) is 14.4 Å². The zero-order valence-corrected chi connectivity index (χ0v) is 16.6. The smallest absolute Gasteiger partial charge is 0.306 e. The van der Waals surface area contributed by atoms with Crippen LogP contribution in [0, 0.1) is 0 Å². The minimum Gasteiger partial charge on any atom is -0.456 e. The van der Waals surface area contributed by atoms with E-state index in [2.05, 4.69) is 12.2 Å². The van der Waals surface area contributed by atoms with E-state index < -0.39 is 11.9 Å². The molecule has 0 heterocycles. The van der Waals surface area contributed by atoms with Crippen molar-refractivity contribution in [2.75, 3.05) is 20.3 Å². The maximum absolute atomic E-state index is 12.2. The van der Waals surface area contributed by atoms with Gasteiger partial charge in [-0.2, -0.15) is 0 Å². The Bertz CT molecular complexity index is 597. The first-order valence-corrected chi connectivity index (χ1v) is 9.52. The third-order valence-corrected chi connectivity index (χ3v) is 4.09. The zero-order chi connectivity index (χ0) is 20.1. The van der Waals surface area contributed by atoms with Crippen LogP contribution in [0.15, 0.2) is 24.3 Å². The van der Waals surface area contributed by atoms with Gasteiger partial charge in [-0.1, -0.05) is 44.0 Å². The topological polar surface area (TPSA) is 81.7 Å². The van der Waals surface area contributed by atoms with Crippen molar-refractivity contribution in [2.24, 2.45) is 0 Å². The second-order valence-corrected chi connectivity index (χ2v) is 6.66. The van der Waals surface area contributed by atoms with E-state index in [1.54, 1.807) is 26.2 Å². The molecule has 1 unspecified atom stereocenters. The van der Waals surface area contributed by atoms with Gasteiger partial charge < -0.3 is 14.8 Å². The lowest BCUT2D eigenvalue weighted by Crippen LogP contribution is -2.38. The van der Waals surface area contributed by atoms with Crippen LogP contribution in [0.5, 0.6) is 0 Å². The van der Waals surface area contributed by atoms with E-state index in [0.717, 1.165) is 12.8 Å². The monoisotopic (exact) mass is 377 g/mol. The summed E-state index contributed by atoms with van der Waals surface area (Å²) in [5, 5.41) is 2.64. The van der Waals surface area contributed by atoms with Gasteiger partial charge in [0.05, 0.1) is 13.0 Å². The van der Waals surface area contributed by atoms with Gasteiger partial charge in [0.2, 0.25) is 0 Å². The van der Waals surface area contributed by atoms with E-state index in [-0.39, 0.29) is 31.3 Å². The molecule has 1 aromatic carbocycles. The van der Waals surface area contributed by atoms with E-state index in [4.69, 9.17) is 9.47 Å². The maximum Gasteiger partial charge on any atom is 0.306 e. The molecule has 0 radical (unpaired) electrons. The fourth-order valence-electron chi connectivity index (χ4n) is 2.62. The maximum atomic E-state index is 12.2. The first-order valence-electron chi connectivity index (χ1n) is 9.52. The van der Waals surface area contributed by atoms with Crippen molar-refractivity contribution < 1.29 is 23.9 Å². The predicted octanol–water partition coefficient (Wildman–Crippen LogP) is 3.08. The molecule has 1 amide bonds. The van der Waals surface area contributed by atoms with Crippen LogP contribution in [0.1, 0.15) is 61.9 Å². The first kappa shape index (κ1) is 22.8. The average Bonchev–Trinajstić information content (AvgIpc) is 2.65. The molecule has 0 aliphatic heterocycles.